The molecule has 1 aromatic rings. The van der Waals surface area contributed by atoms with Gasteiger partial charge in [0.2, 0.25) is 0 Å². The first-order chi connectivity index (χ1) is 7.88. The fourth-order valence-electron chi connectivity index (χ4n) is 1.25. The smallest absolute Gasteiger partial charge is 0.148 e. The molecule has 0 amide bonds. The van der Waals surface area contributed by atoms with Crippen LogP contribution in [-0.4, -0.2) is 31.9 Å². The predicted molar refractivity (Wildman–Crippen MR) is 70.4 cm³/mol. The molecule has 0 radical (unpaired) electrons. The van der Waals surface area contributed by atoms with E-state index in [1.165, 1.54) is 30.2 Å². The van der Waals surface area contributed by atoms with Gasteiger partial charge in [0.15, 0.2) is 0 Å². The Hall–Kier alpha value is -0.590. The number of sulfone groups is 1. The Morgan fingerprint density at radius 3 is 2.76 bits per heavy atom. The van der Waals surface area contributed by atoms with Crippen LogP contribution in [0.3, 0.4) is 0 Å². The van der Waals surface area contributed by atoms with Crippen LogP contribution in [0, 0.1) is 5.82 Å². The van der Waals surface area contributed by atoms with Crippen LogP contribution in [0.2, 0.25) is 0 Å². The zero-order valence-corrected chi connectivity index (χ0v) is 11.2. The maximum atomic E-state index is 12.9. The van der Waals surface area contributed by atoms with Crippen molar-refractivity contribution < 1.29 is 12.8 Å². The minimum atomic E-state index is -2.92. The summed E-state index contributed by atoms with van der Waals surface area (Å²) in [4.78, 5) is 0. The van der Waals surface area contributed by atoms with Gasteiger partial charge in [-0.05, 0) is 17.7 Å². The van der Waals surface area contributed by atoms with Crippen LogP contribution in [0.1, 0.15) is 11.6 Å². The molecule has 1 atom stereocenters. The molecule has 0 aliphatic carbocycles. The largest absolute Gasteiger partial charge is 0.323 e. The summed E-state index contributed by atoms with van der Waals surface area (Å²) in [5.41, 5.74) is 6.61. The lowest BCUT2D eigenvalue weighted by atomic mass is 10.1. The van der Waals surface area contributed by atoms with E-state index in [1.807, 2.05) is 0 Å². The third-order valence-corrected chi connectivity index (χ3v) is 4.46. The Bertz CT molecular complexity index is 462. The molecule has 0 fully saturated rings. The number of halogens is 1. The van der Waals surface area contributed by atoms with Crippen LogP contribution in [0.15, 0.2) is 24.3 Å². The summed E-state index contributed by atoms with van der Waals surface area (Å²) in [6.45, 7) is 0. The van der Waals surface area contributed by atoms with Crippen LogP contribution < -0.4 is 5.73 Å². The average Bonchev–Trinajstić information content (AvgIpc) is 2.23. The highest BCUT2D eigenvalue weighted by molar-refractivity contribution is 8.00. The second-order valence-electron chi connectivity index (χ2n) is 3.87. The molecule has 0 aliphatic heterocycles. The summed E-state index contributed by atoms with van der Waals surface area (Å²) in [6.07, 6.45) is 1.21. The molecule has 0 saturated carbocycles. The number of benzene rings is 1. The fourth-order valence-corrected chi connectivity index (χ4v) is 3.55. The molecule has 1 aromatic carbocycles. The first-order valence-electron chi connectivity index (χ1n) is 5.15. The number of hydrogen-bond donors (Lipinski definition) is 1. The quantitative estimate of drug-likeness (QED) is 0.802. The molecule has 1 unspecified atom stereocenters. The second kappa shape index (κ2) is 6.37. The lowest BCUT2D eigenvalue weighted by molar-refractivity contribution is 0.603. The molecule has 0 aromatic heterocycles. The Labute approximate surface area is 106 Å². The van der Waals surface area contributed by atoms with Gasteiger partial charge in [-0.1, -0.05) is 12.1 Å². The monoisotopic (exact) mass is 277 g/mol. The zero-order chi connectivity index (χ0) is 12.9. The standard InChI is InChI=1S/C11H16FNO2S2/c1-17(14,15)6-5-16-8-11(13)9-3-2-4-10(12)7-9/h2-4,7,11H,5-6,8,13H2,1H3. The highest BCUT2D eigenvalue weighted by atomic mass is 32.2. The highest BCUT2D eigenvalue weighted by Gasteiger charge is 2.08. The van der Waals surface area contributed by atoms with E-state index < -0.39 is 9.84 Å². The van der Waals surface area contributed by atoms with Gasteiger partial charge >= 0.3 is 0 Å². The topological polar surface area (TPSA) is 60.2 Å². The molecular weight excluding hydrogens is 261 g/mol. The van der Waals surface area contributed by atoms with Crippen molar-refractivity contribution in [1.29, 1.82) is 0 Å². The Kier molecular flexibility index (Phi) is 5.42. The predicted octanol–water partition coefficient (Wildman–Crippen LogP) is 1.60. The fraction of sp³-hybridized carbons (Fsp3) is 0.455. The van der Waals surface area contributed by atoms with Crippen LogP contribution in [0.4, 0.5) is 4.39 Å². The second-order valence-corrected chi connectivity index (χ2v) is 7.28. The summed E-state index contributed by atoms with van der Waals surface area (Å²) in [7, 11) is -2.92. The van der Waals surface area contributed by atoms with Crippen molar-refractivity contribution in [3.63, 3.8) is 0 Å². The first kappa shape index (κ1) is 14.5. The molecule has 17 heavy (non-hydrogen) atoms. The Balaban J connectivity index is 2.38. The Morgan fingerprint density at radius 2 is 2.18 bits per heavy atom. The van der Waals surface area contributed by atoms with E-state index in [0.29, 0.717) is 11.5 Å². The van der Waals surface area contributed by atoms with Crippen molar-refractivity contribution in [2.45, 2.75) is 6.04 Å². The van der Waals surface area contributed by atoms with Crippen LogP contribution in [0.5, 0.6) is 0 Å². The molecule has 1 rings (SSSR count). The summed E-state index contributed by atoms with van der Waals surface area (Å²) in [5.74, 6) is 0.938. The maximum Gasteiger partial charge on any atom is 0.148 e. The zero-order valence-electron chi connectivity index (χ0n) is 9.60. The minimum Gasteiger partial charge on any atom is -0.323 e. The van der Waals surface area contributed by atoms with Gasteiger partial charge in [0.25, 0.3) is 0 Å². The minimum absolute atomic E-state index is 0.146. The lowest BCUT2D eigenvalue weighted by Crippen LogP contribution is -2.14. The summed E-state index contributed by atoms with van der Waals surface area (Å²) in [5, 5.41) is 0. The molecular formula is C11H16FNO2S2. The van der Waals surface area contributed by atoms with E-state index in [1.54, 1.807) is 12.1 Å². The van der Waals surface area contributed by atoms with E-state index in [4.69, 9.17) is 5.73 Å². The normalized spacial score (nSPS) is 13.6. The summed E-state index contributed by atoms with van der Waals surface area (Å²) >= 11 is 1.46. The first-order valence-corrected chi connectivity index (χ1v) is 8.36. The number of rotatable bonds is 6. The van der Waals surface area contributed by atoms with E-state index in [-0.39, 0.29) is 17.6 Å². The average molecular weight is 277 g/mol. The lowest BCUT2D eigenvalue weighted by Gasteiger charge is -2.11. The van der Waals surface area contributed by atoms with E-state index in [2.05, 4.69) is 0 Å². The van der Waals surface area contributed by atoms with Crippen molar-refractivity contribution in [2.75, 3.05) is 23.5 Å². The molecule has 0 bridgehead atoms. The third kappa shape index (κ3) is 6.05. The van der Waals surface area contributed by atoms with Gasteiger partial charge in [-0.25, -0.2) is 12.8 Å². The van der Waals surface area contributed by atoms with E-state index in [0.717, 1.165) is 5.56 Å². The molecule has 3 nitrogen and oxygen atoms in total. The SMILES string of the molecule is CS(=O)(=O)CCSCC(N)c1cccc(F)c1. The van der Waals surface area contributed by atoms with Gasteiger partial charge in [0.1, 0.15) is 15.7 Å². The van der Waals surface area contributed by atoms with Crippen LogP contribution in [-0.2, 0) is 9.84 Å². The number of thioether (sulfide) groups is 1. The third-order valence-electron chi connectivity index (χ3n) is 2.17. The number of hydrogen-bond acceptors (Lipinski definition) is 4. The van der Waals surface area contributed by atoms with Crippen LogP contribution in [0.25, 0.3) is 0 Å². The van der Waals surface area contributed by atoms with Gasteiger partial charge in [-0.3, -0.25) is 0 Å². The van der Waals surface area contributed by atoms with Gasteiger partial charge in [0.05, 0.1) is 5.75 Å². The molecule has 0 saturated heterocycles. The van der Waals surface area contributed by atoms with Crippen molar-refractivity contribution in [3.05, 3.63) is 35.6 Å². The van der Waals surface area contributed by atoms with Crippen molar-refractivity contribution in [3.8, 4) is 0 Å². The molecule has 0 heterocycles. The highest BCUT2D eigenvalue weighted by Crippen LogP contribution is 2.16. The van der Waals surface area contributed by atoms with Gasteiger partial charge in [-0.15, -0.1) is 0 Å². The maximum absolute atomic E-state index is 12.9. The summed E-state index contributed by atoms with van der Waals surface area (Å²) < 4.78 is 34.7. The molecule has 0 spiro atoms. The van der Waals surface area contributed by atoms with Crippen LogP contribution >= 0.6 is 11.8 Å². The molecule has 0 aliphatic rings. The Morgan fingerprint density at radius 1 is 1.47 bits per heavy atom. The van der Waals surface area contributed by atoms with E-state index in [9.17, 15) is 12.8 Å². The van der Waals surface area contributed by atoms with Crippen molar-refractivity contribution in [1.82, 2.24) is 0 Å². The van der Waals surface area contributed by atoms with E-state index >= 15 is 0 Å². The van der Waals surface area contributed by atoms with Gasteiger partial charge in [0, 0.05) is 23.8 Å². The molecule has 2 N–H and O–H groups in total. The summed E-state index contributed by atoms with van der Waals surface area (Å²) in [6, 6.07) is 5.89. The molecule has 96 valence electrons. The van der Waals surface area contributed by atoms with Gasteiger partial charge < -0.3 is 5.73 Å². The van der Waals surface area contributed by atoms with Crippen molar-refractivity contribution >= 4 is 21.6 Å². The van der Waals surface area contributed by atoms with Crippen molar-refractivity contribution in [2.24, 2.45) is 5.73 Å². The number of nitrogens with two attached hydrogens (primary N) is 1. The van der Waals surface area contributed by atoms with Gasteiger partial charge in [-0.2, -0.15) is 11.8 Å². The molecule has 6 heteroatoms.